The minimum atomic E-state index is -0.960. The van der Waals surface area contributed by atoms with Crippen LogP contribution < -0.4 is 5.32 Å². The lowest BCUT2D eigenvalue weighted by Gasteiger charge is -2.51. The summed E-state index contributed by atoms with van der Waals surface area (Å²) in [4.78, 5) is 54.2. The number of pyridine rings is 1. The van der Waals surface area contributed by atoms with Gasteiger partial charge in [-0.3, -0.25) is 19.4 Å². The van der Waals surface area contributed by atoms with Gasteiger partial charge in [0, 0.05) is 31.1 Å². The molecule has 1 unspecified atom stereocenters. The Morgan fingerprint density at radius 2 is 1.93 bits per heavy atom. The third-order valence-electron chi connectivity index (χ3n) is 7.95. The molecule has 2 aliphatic heterocycles. The van der Waals surface area contributed by atoms with E-state index in [2.05, 4.69) is 10.3 Å². The molecule has 0 bridgehead atoms. The number of aliphatic hydroxyl groups is 1. The van der Waals surface area contributed by atoms with Gasteiger partial charge in [0.05, 0.1) is 17.7 Å². The summed E-state index contributed by atoms with van der Waals surface area (Å²) in [6, 6.07) is 17.8. The monoisotopic (exact) mass is 567 g/mol. The Bertz CT molecular complexity index is 1560. The molecular formula is C32H33N5O5. The van der Waals surface area contributed by atoms with Crippen LogP contribution in [0.1, 0.15) is 30.9 Å². The number of allylic oxidation sites excluding steroid dienone is 1. The lowest BCUT2D eigenvalue weighted by molar-refractivity contribution is -0.236. The van der Waals surface area contributed by atoms with Gasteiger partial charge < -0.3 is 20.2 Å². The van der Waals surface area contributed by atoms with Crippen molar-refractivity contribution < 1.29 is 24.3 Å². The van der Waals surface area contributed by atoms with E-state index in [1.807, 2.05) is 66.7 Å². The molecule has 2 saturated heterocycles. The zero-order valence-electron chi connectivity index (χ0n) is 23.3. The maximum Gasteiger partial charge on any atom is 0.343 e. The third-order valence-corrected chi connectivity index (χ3v) is 7.95. The number of benzene rings is 2. The first-order valence-electron chi connectivity index (χ1n) is 14.1. The molecule has 2 aromatic carbocycles. The summed E-state index contributed by atoms with van der Waals surface area (Å²) in [5.74, 6) is -0.574. The van der Waals surface area contributed by atoms with Crippen LogP contribution in [-0.2, 0) is 27.5 Å². The molecule has 1 aliphatic carbocycles. The third kappa shape index (κ3) is 5.63. The van der Waals surface area contributed by atoms with Crippen molar-refractivity contribution in [1.29, 1.82) is 0 Å². The molecule has 10 heteroatoms. The highest BCUT2D eigenvalue weighted by atomic mass is 16.7. The molecule has 4 amide bonds. The van der Waals surface area contributed by atoms with E-state index in [-0.39, 0.29) is 44.5 Å². The topological polar surface area (TPSA) is 115 Å². The summed E-state index contributed by atoms with van der Waals surface area (Å²) in [6.07, 6.45) is 6.94. The van der Waals surface area contributed by atoms with Crippen molar-refractivity contribution in [3.05, 3.63) is 102 Å². The van der Waals surface area contributed by atoms with Gasteiger partial charge in [0.2, 0.25) is 5.91 Å². The Balaban J connectivity index is 1.31. The van der Waals surface area contributed by atoms with Crippen LogP contribution in [0.25, 0.3) is 10.9 Å². The number of nitrogens with zero attached hydrogens (tertiary/aromatic N) is 4. The van der Waals surface area contributed by atoms with Gasteiger partial charge in [-0.15, -0.1) is 0 Å². The van der Waals surface area contributed by atoms with E-state index in [1.54, 1.807) is 30.2 Å². The van der Waals surface area contributed by atoms with Crippen molar-refractivity contribution in [1.82, 2.24) is 25.2 Å². The van der Waals surface area contributed by atoms with E-state index in [0.717, 1.165) is 27.6 Å². The molecule has 0 radical (unpaired) electrons. The SMILES string of the molecule is CC1(O)C=CC(C[C@H]2C(=O)N(Cc3cccc4cccnc34)C[C@@H]3N(C(=O)NCc4ccccc4)OCC(=O)N32)=CC1. The Morgan fingerprint density at radius 3 is 2.71 bits per heavy atom. The van der Waals surface area contributed by atoms with E-state index in [0.29, 0.717) is 6.42 Å². The second-order valence-corrected chi connectivity index (χ2v) is 11.1. The number of rotatable bonds is 6. The number of amides is 4. The fourth-order valence-electron chi connectivity index (χ4n) is 5.73. The Morgan fingerprint density at radius 1 is 1.12 bits per heavy atom. The van der Waals surface area contributed by atoms with Crippen LogP contribution in [0.4, 0.5) is 4.79 Å². The van der Waals surface area contributed by atoms with Crippen LogP contribution in [0, 0.1) is 0 Å². The summed E-state index contributed by atoms with van der Waals surface area (Å²) in [5.41, 5.74) is 2.46. The number of para-hydroxylation sites is 1. The summed E-state index contributed by atoms with van der Waals surface area (Å²) in [7, 11) is 0. The van der Waals surface area contributed by atoms with E-state index < -0.39 is 23.8 Å². The predicted molar refractivity (Wildman–Crippen MR) is 155 cm³/mol. The van der Waals surface area contributed by atoms with Crippen molar-refractivity contribution in [2.45, 2.75) is 50.7 Å². The number of hydrogen-bond acceptors (Lipinski definition) is 6. The van der Waals surface area contributed by atoms with Crippen molar-refractivity contribution in [3.8, 4) is 0 Å². The van der Waals surface area contributed by atoms with Crippen LogP contribution in [-0.4, -0.2) is 73.8 Å². The lowest BCUT2D eigenvalue weighted by atomic mass is 9.90. The first-order chi connectivity index (χ1) is 20.3. The zero-order chi connectivity index (χ0) is 29.3. The van der Waals surface area contributed by atoms with Gasteiger partial charge in [-0.05, 0) is 36.1 Å². The molecule has 216 valence electrons. The van der Waals surface area contributed by atoms with E-state index in [9.17, 15) is 19.5 Å². The van der Waals surface area contributed by atoms with Gasteiger partial charge in [-0.1, -0.05) is 72.8 Å². The van der Waals surface area contributed by atoms with Crippen LogP contribution >= 0.6 is 0 Å². The number of urea groups is 1. The minimum Gasteiger partial charge on any atom is -0.386 e. The molecular weight excluding hydrogens is 534 g/mol. The largest absolute Gasteiger partial charge is 0.386 e. The van der Waals surface area contributed by atoms with E-state index in [4.69, 9.17) is 4.84 Å². The molecule has 2 N–H and O–H groups in total. The number of hydroxylamine groups is 2. The highest BCUT2D eigenvalue weighted by Gasteiger charge is 2.50. The van der Waals surface area contributed by atoms with Gasteiger partial charge in [0.1, 0.15) is 6.04 Å². The quantitative estimate of drug-likeness (QED) is 0.473. The highest BCUT2D eigenvalue weighted by Crippen LogP contribution is 2.32. The number of piperazine rings is 1. The van der Waals surface area contributed by atoms with Gasteiger partial charge >= 0.3 is 6.03 Å². The summed E-state index contributed by atoms with van der Waals surface area (Å²) in [6.45, 7) is 1.98. The number of carbonyl (C=O) groups is 3. The highest BCUT2D eigenvalue weighted by molar-refractivity contribution is 5.91. The summed E-state index contributed by atoms with van der Waals surface area (Å²) >= 11 is 0. The number of aromatic nitrogens is 1. The Kier molecular flexibility index (Phi) is 7.49. The average molecular weight is 568 g/mol. The average Bonchev–Trinajstić information content (AvgIpc) is 2.99. The van der Waals surface area contributed by atoms with Crippen molar-refractivity contribution in [2.75, 3.05) is 13.2 Å². The van der Waals surface area contributed by atoms with Gasteiger partial charge in [-0.2, -0.15) is 5.06 Å². The Hall–Kier alpha value is -4.54. The maximum atomic E-state index is 14.1. The zero-order valence-corrected chi connectivity index (χ0v) is 23.3. The van der Waals surface area contributed by atoms with Crippen molar-refractivity contribution in [3.63, 3.8) is 0 Å². The van der Waals surface area contributed by atoms with E-state index >= 15 is 0 Å². The predicted octanol–water partition coefficient (Wildman–Crippen LogP) is 3.28. The molecule has 3 aromatic rings. The van der Waals surface area contributed by atoms with Crippen LogP contribution in [0.3, 0.4) is 0 Å². The fourth-order valence-corrected chi connectivity index (χ4v) is 5.73. The number of fused-ring (bicyclic) bond motifs is 2. The molecule has 10 nitrogen and oxygen atoms in total. The second-order valence-electron chi connectivity index (χ2n) is 11.1. The first kappa shape index (κ1) is 27.6. The number of nitrogens with one attached hydrogen (secondary N) is 1. The molecule has 42 heavy (non-hydrogen) atoms. The maximum absolute atomic E-state index is 14.1. The lowest BCUT2D eigenvalue weighted by Crippen LogP contribution is -2.72. The molecule has 1 aromatic heterocycles. The van der Waals surface area contributed by atoms with Gasteiger partial charge in [0.15, 0.2) is 12.8 Å². The normalized spacial score (nSPS) is 24.0. The second kappa shape index (κ2) is 11.4. The van der Waals surface area contributed by atoms with E-state index in [1.165, 1.54) is 9.96 Å². The standard InChI is InChI=1S/C32H33N5O5/c1-32(41)14-12-22(13-15-32)17-26-30(39)35(19-25-10-5-9-24-11-6-16-33-29(24)25)20-27-36(26)28(38)21-42-37(27)31(40)34-18-23-7-3-2-4-8-23/h2-14,16,26-27,41H,15,17-21H2,1H3,(H,34,40)/t26-,27-,32?/m0/s1. The van der Waals surface area contributed by atoms with Crippen LogP contribution in [0.15, 0.2) is 90.7 Å². The smallest absolute Gasteiger partial charge is 0.343 e. The Labute approximate surface area is 243 Å². The fraction of sp³-hybridized carbons (Fsp3) is 0.312. The molecule has 0 spiro atoms. The first-order valence-corrected chi connectivity index (χ1v) is 14.1. The van der Waals surface area contributed by atoms with Gasteiger partial charge in [-0.25, -0.2) is 4.79 Å². The van der Waals surface area contributed by atoms with Crippen molar-refractivity contribution in [2.24, 2.45) is 0 Å². The van der Waals surface area contributed by atoms with Crippen LogP contribution in [0.2, 0.25) is 0 Å². The molecule has 6 rings (SSSR count). The number of hydrogen-bond donors (Lipinski definition) is 2. The minimum absolute atomic E-state index is 0.0760. The van der Waals surface area contributed by atoms with Crippen molar-refractivity contribution >= 4 is 28.7 Å². The summed E-state index contributed by atoms with van der Waals surface area (Å²) < 4.78 is 0. The molecule has 3 aliphatic rings. The summed E-state index contributed by atoms with van der Waals surface area (Å²) in [5, 5.41) is 15.4. The molecule has 0 saturated carbocycles. The molecule has 2 fully saturated rings. The van der Waals surface area contributed by atoms with Gasteiger partial charge in [0.25, 0.3) is 5.91 Å². The number of carbonyl (C=O) groups excluding carboxylic acids is 3. The molecule has 3 heterocycles. The van der Waals surface area contributed by atoms with Crippen LogP contribution in [0.5, 0.6) is 0 Å². The molecule has 3 atom stereocenters.